The highest BCUT2D eigenvalue weighted by atomic mass is 16.1. The van der Waals surface area contributed by atoms with Gasteiger partial charge in [-0.25, -0.2) is 0 Å². The van der Waals surface area contributed by atoms with Crippen molar-refractivity contribution in [2.45, 2.75) is 112 Å². The van der Waals surface area contributed by atoms with Crippen molar-refractivity contribution in [3.05, 3.63) is 46.6 Å². The standard InChI is InChI=1S/C27H44O/c1-22(2)11-8-12-23(3)13-9-14-24(4)15-10-16-25(5)19-20-26-17-6-7-18-27(28)21-26/h11,13,15,19,26H,6-10,12,14,16-18,20-21H2,1-5H3/b23-13+,24-15+,25-19+. The molecule has 1 atom stereocenters. The Balaban J connectivity index is 2.25. The zero-order valence-electron chi connectivity index (χ0n) is 19.3. The molecule has 0 aromatic rings. The van der Waals surface area contributed by atoms with Gasteiger partial charge in [0, 0.05) is 12.8 Å². The molecule has 0 saturated heterocycles. The fourth-order valence-electron chi connectivity index (χ4n) is 3.84. The molecule has 1 nitrogen and oxygen atoms in total. The van der Waals surface area contributed by atoms with Gasteiger partial charge in [-0.1, -0.05) is 53.0 Å². The van der Waals surface area contributed by atoms with E-state index >= 15 is 0 Å². The molecule has 0 aromatic heterocycles. The van der Waals surface area contributed by atoms with Crippen LogP contribution in [0.1, 0.15) is 112 Å². The molecular formula is C27H44O. The predicted octanol–water partition coefficient (Wildman–Crippen LogP) is 8.67. The van der Waals surface area contributed by atoms with Gasteiger partial charge in [0.15, 0.2) is 0 Å². The van der Waals surface area contributed by atoms with Gasteiger partial charge in [0.1, 0.15) is 5.78 Å². The minimum atomic E-state index is 0.480. The van der Waals surface area contributed by atoms with Gasteiger partial charge in [-0.3, -0.25) is 4.79 Å². The van der Waals surface area contributed by atoms with Crippen LogP contribution in [-0.4, -0.2) is 5.78 Å². The molecule has 0 heterocycles. The summed E-state index contributed by atoms with van der Waals surface area (Å²) in [7, 11) is 0. The minimum absolute atomic E-state index is 0.480. The molecule has 1 aliphatic carbocycles. The SMILES string of the molecule is CC(C)=CCC/C(C)=C/CC/C(C)=C/CC/C(C)=C/CC1CCCCC(=O)C1. The maximum absolute atomic E-state index is 11.8. The van der Waals surface area contributed by atoms with Crippen LogP contribution >= 0.6 is 0 Å². The van der Waals surface area contributed by atoms with Gasteiger partial charge < -0.3 is 0 Å². The third kappa shape index (κ3) is 12.9. The van der Waals surface area contributed by atoms with Gasteiger partial charge in [0.05, 0.1) is 0 Å². The molecule has 158 valence electrons. The smallest absolute Gasteiger partial charge is 0.133 e. The summed E-state index contributed by atoms with van der Waals surface area (Å²) in [6, 6.07) is 0. The van der Waals surface area contributed by atoms with E-state index in [2.05, 4.69) is 58.9 Å². The normalized spacial score (nSPS) is 19.5. The van der Waals surface area contributed by atoms with Crippen molar-refractivity contribution in [1.82, 2.24) is 0 Å². The number of hydrogen-bond acceptors (Lipinski definition) is 1. The van der Waals surface area contributed by atoms with Gasteiger partial charge in [-0.05, 0) is 98.3 Å². The van der Waals surface area contributed by atoms with E-state index in [-0.39, 0.29) is 0 Å². The summed E-state index contributed by atoms with van der Waals surface area (Å²) >= 11 is 0. The Kier molecular flexibility index (Phi) is 12.9. The second-order valence-electron chi connectivity index (χ2n) is 9.14. The molecule has 0 N–H and O–H groups in total. The van der Waals surface area contributed by atoms with E-state index in [0.29, 0.717) is 11.7 Å². The first-order chi connectivity index (χ1) is 13.4. The fraction of sp³-hybridized carbons (Fsp3) is 0.667. The van der Waals surface area contributed by atoms with Crippen molar-refractivity contribution >= 4 is 5.78 Å². The lowest BCUT2D eigenvalue weighted by Crippen LogP contribution is -2.04. The summed E-state index contributed by atoms with van der Waals surface area (Å²) in [5.74, 6) is 1.07. The zero-order valence-corrected chi connectivity index (χ0v) is 19.3. The highest BCUT2D eigenvalue weighted by molar-refractivity contribution is 5.78. The predicted molar refractivity (Wildman–Crippen MR) is 125 cm³/mol. The maximum Gasteiger partial charge on any atom is 0.133 e. The number of Topliss-reactive ketones (excluding diaryl/α,β-unsaturated/α-hetero) is 1. The molecule has 0 spiro atoms. The number of rotatable bonds is 11. The van der Waals surface area contributed by atoms with Gasteiger partial charge in [-0.2, -0.15) is 0 Å². The van der Waals surface area contributed by atoms with E-state index in [0.717, 1.165) is 44.9 Å². The lowest BCUT2D eigenvalue weighted by atomic mass is 9.94. The monoisotopic (exact) mass is 384 g/mol. The van der Waals surface area contributed by atoms with Crippen LogP contribution in [0.5, 0.6) is 0 Å². The van der Waals surface area contributed by atoms with Crippen molar-refractivity contribution < 1.29 is 4.79 Å². The van der Waals surface area contributed by atoms with Crippen molar-refractivity contribution in [3.63, 3.8) is 0 Å². The van der Waals surface area contributed by atoms with Gasteiger partial charge in [0.2, 0.25) is 0 Å². The molecule has 1 saturated carbocycles. The first-order valence-corrected chi connectivity index (χ1v) is 11.5. The Morgan fingerprint density at radius 1 is 0.786 bits per heavy atom. The number of carbonyl (C=O) groups is 1. The zero-order chi connectivity index (χ0) is 20.8. The highest BCUT2D eigenvalue weighted by Gasteiger charge is 2.16. The van der Waals surface area contributed by atoms with Gasteiger partial charge >= 0.3 is 0 Å². The number of carbonyl (C=O) groups excluding carboxylic acids is 1. The summed E-state index contributed by atoms with van der Waals surface area (Å²) in [5, 5.41) is 0. The Morgan fingerprint density at radius 3 is 1.89 bits per heavy atom. The summed E-state index contributed by atoms with van der Waals surface area (Å²) < 4.78 is 0. The van der Waals surface area contributed by atoms with E-state index < -0.39 is 0 Å². The maximum atomic E-state index is 11.8. The molecule has 1 rings (SSSR count). The Labute approximate surface area is 175 Å². The van der Waals surface area contributed by atoms with E-state index in [1.165, 1.54) is 54.4 Å². The Morgan fingerprint density at radius 2 is 1.32 bits per heavy atom. The molecule has 0 aliphatic heterocycles. The van der Waals surface area contributed by atoms with Gasteiger partial charge in [-0.15, -0.1) is 0 Å². The largest absolute Gasteiger partial charge is 0.300 e. The van der Waals surface area contributed by atoms with Crippen LogP contribution in [0, 0.1) is 5.92 Å². The van der Waals surface area contributed by atoms with Crippen LogP contribution < -0.4 is 0 Å². The molecule has 28 heavy (non-hydrogen) atoms. The van der Waals surface area contributed by atoms with E-state index in [1.807, 2.05) is 0 Å². The van der Waals surface area contributed by atoms with Crippen LogP contribution in [0.3, 0.4) is 0 Å². The molecular weight excluding hydrogens is 340 g/mol. The molecule has 1 fully saturated rings. The lowest BCUT2D eigenvalue weighted by molar-refractivity contribution is -0.119. The molecule has 0 aromatic carbocycles. The van der Waals surface area contributed by atoms with E-state index in [4.69, 9.17) is 0 Å². The summed E-state index contributed by atoms with van der Waals surface area (Å²) in [6.07, 6.45) is 22.8. The second-order valence-corrected chi connectivity index (χ2v) is 9.14. The topological polar surface area (TPSA) is 17.1 Å². The average molecular weight is 385 g/mol. The molecule has 1 aliphatic rings. The summed E-state index contributed by atoms with van der Waals surface area (Å²) in [4.78, 5) is 11.8. The molecule has 1 unspecified atom stereocenters. The molecule has 0 bridgehead atoms. The Hall–Kier alpha value is -1.37. The second kappa shape index (κ2) is 14.6. The summed E-state index contributed by atoms with van der Waals surface area (Å²) in [6.45, 7) is 11.1. The van der Waals surface area contributed by atoms with Crippen molar-refractivity contribution in [2.24, 2.45) is 5.92 Å². The van der Waals surface area contributed by atoms with Gasteiger partial charge in [0.25, 0.3) is 0 Å². The average Bonchev–Trinajstić information content (AvgIpc) is 2.83. The van der Waals surface area contributed by atoms with Crippen molar-refractivity contribution in [1.29, 1.82) is 0 Å². The van der Waals surface area contributed by atoms with Crippen LogP contribution in [0.25, 0.3) is 0 Å². The third-order valence-corrected chi connectivity index (χ3v) is 5.79. The van der Waals surface area contributed by atoms with E-state index in [9.17, 15) is 4.79 Å². The van der Waals surface area contributed by atoms with Crippen molar-refractivity contribution in [3.8, 4) is 0 Å². The summed E-state index contributed by atoms with van der Waals surface area (Å²) in [5.41, 5.74) is 5.92. The van der Waals surface area contributed by atoms with Crippen LogP contribution in [-0.2, 0) is 4.79 Å². The quantitative estimate of drug-likeness (QED) is 0.257. The molecule has 0 amide bonds. The lowest BCUT2D eigenvalue weighted by Gasteiger charge is -2.11. The number of allylic oxidation sites excluding steroid dienone is 8. The van der Waals surface area contributed by atoms with Crippen molar-refractivity contribution in [2.75, 3.05) is 0 Å². The minimum Gasteiger partial charge on any atom is -0.300 e. The van der Waals surface area contributed by atoms with E-state index in [1.54, 1.807) is 0 Å². The van der Waals surface area contributed by atoms with Crippen LogP contribution in [0.2, 0.25) is 0 Å². The Bertz CT molecular complexity index is 581. The highest BCUT2D eigenvalue weighted by Crippen LogP contribution is 2.25. The third-order valence-electron chi connectivity index (χ3n) is 5.79. The first-order valence-electron chi connectivity index (χ1n) is 11.5. The number of ketones is 1. The number of hydrogen-bond donors (Lipinski definition) is 0. The van der Waals surface area contributed by atoms with Crippen LogP contribution in [0.4, 0.5) is 0 Å². The molecule has 1 heteroatoms. The fourth-order valence-corrected chi connectivity index (χ4v) is 3.84. The molecule has 0 radical (unpaired) electrons. The first kappa shape index (κ1) is 24.7. The van der Waals surface area contributed by atoms with Crippen LogP contribution in [0.15, 0.2) is 46.6 Å².